The van der Waals surface area contributed by atoms with Crippen molar-refractivity contribution in [3.63, 3.8) is 0 Å². The van der Waals surface area contributed by atoms with Crippen LogP contribution in [0.25, 0.3) is 22.7 Å². The molecular weight excluding hydrogens is 397 g/mol. The Kier molecular flexibility index (Phi) is 5.38. The largest absolute Gasteiger partial charge is 0.490 e. The lowest BCUT2D eigenvalue weighted by atomic mass is 10.1. The number of aromatic nitrogens is 2. The third-order valence-electron chi connectivity index (χ3n) is 3.99. The highest BCUT2D eigenvalue weighted by atomic mass is 79.9. The smallest absolute Gasteiger partial charge is 0.149 e. The number of halogens is 2. The first-order valence-electron chi connectivity index (χ1n) is 8.23. The molecule has 0 aliphatic heterocycles. The molecule has 1 N–H and O–H groups in total. The van der Waals surface area contributed by atoms with Crippen molar-refractivity contribution in [1.82, 2.24) is 9.97 Å². The van der Waals surface area contributed by atoms with Crippen molar-refractivity contribution in [3.8, 4) is 11.8 Å². The van der Waals surface area contributed by atoms with E-state index in [1.807, 2.05) is 25.1 Å². The van der Waals surface area contributed by atoms with Crippen LogP contribution in [0.1, 0.15) is 31.7 Å². The van der Waals surface area contributed by atoms with Gasteiger partial charge in [-0.2, -0.15) is 5.26 Å². The van der Waals surface area contributed by atoms with Crippen LogP contribution in [-0.4, -0.2) is 16.1 Å². The van der Waals surface area contributed by atoms with Crippen LogP contribution in [0.5, 0.6) is 5.75 Å². The molecule has 0 aliphatic carbocycles. The minimum absolute atomic E-state index is 0.123. The lowest BCUT2D eigenvalue weighted by molar-refractivity contribution is 0.216. The van der Waals surface area contributed by atoms with Gasteiger partial charge in [0.15, 0.2) is 0 Å². The molecule has 1 heterocycles. The van der Waals surface area contributed by atoms with Gasteiger partial charge in [0.2, 0.25) is 0 Å². The summed E-state index contributed by atoms with van der Waals surface area (Å²) in [5.41, 5.74) is 2.36. The molecule has 3 rings (SSSR count). The van der Waals surface area contributed by atoms with Crippen LogP contribution >= 0.6 is 15.9 Å². The highest BCUT2D eigenvalue weighted by molar-refractivity contribution is 9.10. The van der Waals surface area contributed by atoms with Crippen LogP contribution in [0.2, 0.25) is 0 Å². The van der Waals surface area contributed by atoms with Crippen molar-refractivity contribution in [2.75, 3.05) is 0 Å². The van der Waals surface area contributed by atoms with E-state index in [9.17, 15) is 9.65 Å². The molecular formula is C20H17BrFN3O. The van der Waals surface area contributed by atoms with Gasteiger partial charge in [-0.05, 0) is 71.2 Å². The number of hydrogen-bond donors (Lipinski definition) is 1. The third-order valence-corrected chi connectivity index (χ3v) is 4.61. The van der Waals surface area contributed by atoms with Gasteiger partial charge in [0.1, 0.15) is 23.5 Å². The van der Waals surface area contributed by atoms with E-state index in [1.165, 1.54) is 12.1 Å². The number of nitriles is 1. The first-order valence-corrected chi connectivity index (χ1v) is 9.03. The van der Waals surface area contributed by atoms with Crippen molar-refractivity contribution >= 4 is 38.6 Å². The number of aromatic amines is 1. The number of nitrogens with zero attached hydrogens (tertiary/aromatic N) is 2. The van der Waals surface area contributed by atoms with E-state index in [0.717, 1.165) is 22.2 Å². The zero-order valence-corrected chi connectivity index (χ0v) is 16.0. The Hall–Kier alpha value is -2.65. The van der Waals surface area contributed by atoms with Crippen molar-refractivity contribution in [3.05, 3.63) is 58.1 Å². The zero-order valence-electron chi connectivity index (χ0n) is 14.4. The summed E-state index contributed by atoms with van der Waals surface area (Å²) < 4.78 is 20.0. The second-order valence-electron chi connectivity index (χ2n) is 5.94. The van der Waals surface area contributed by atoms with Crippen LogP contribution in [0.3, 0.4) is 0 Å². The molecule has 3 aromatic rings. The van der Waals surface area contributed by atoms with Crippen LogP contribution in [0.4, 0.5) is 4.39 Å². The predicted molar refractivity (Wildman–Crippen MR) is 104 cm³/mol. The summed E-state index contributed by atoms with van der Waals surface area (Å²) in [6, 6.07) is 12.1. The average Bonchev–Trinajstić information content (AvgIpc) is 3.04. The quantitative estimate of drug-likeness (QED) is 0.545. The molecule has 132 valence electrons. The first-order chi connectivity index (χ1) is 12.5. The van der Waals surface area contributed by atoms with Gasteiger partial charge >= 0.3 is 0 Å². The van der Waals surface area contributed by atoms with Gasteiger partial charge in [0.05, 0.1) is 27.2 Å². The van der Waals surface area contributed by atoms with E-state index in [1.54, 1.807) is 12.1 Å². The molecule has 0 bridgehead atoms. The zero-order chi connectivity index (χ0) is 18.7. The van der Waals surface area contributed by atoms with E-state index < -0.39 is 0 Å². The van der Waals surface area contributed by atoms with Crippen LogP contribution in [-0.2, 0) is 0 Å². The van der Waals surface area contributed by atoms with Crippen molar-refractivity contribution in [1.29, 1.82) is 5.26 Å². The van der Waals surface area contributed by atoms with Crippen LogP contribution in [0.15, 0.2) is 40.9 Å². The number of ether oxygens (including phenoxy) is 1. The van der Waals surface area contributed by atoms with Gasteiger partial charge in [-0.15, -0.1) is 0 Å². The van der Waals surface area contributed by atoms with E-state index in [0.29, 0.717) is 22.4 Å². The SMILES string of the molecule is CC[C@H](C)Oc1ccc(/C=C(/C#N)c2nc3ccc(F)cc3[nH]2)cc1Br. The lowest BCUT2D eigenvalue weighted by Crippen LogP contribution is -2.09. The summed E-state index contributed by atoms with van der Waals surface area (Å²) in [5, 5.41) is 9.51. The Balaban J connectivity index is 1.93. The summed E-state index contributed by atoms with van der Waals surface area (Å²) in [6.07, 6.45) is 2.77. The Morgan fingerprint density at radius 1 is 1.38 bits per heavy atom. The van der Waals surface area contributed by atoms with E-state index in [-0.39, 0.29) is 11.9 Å². The summed E-state index contributed by atoms with van der Waals surface area (Å²) in [7, 11) is 0. The lowest BCUT2D eigenvalue weighted by Gasteiger charge is -2.14. The molecule has 0 radical (unpaired) electrons. The fourth-order valence-electron chi connectivity index (χ4n) is 2.43. The minimum Gasteiger partial charge on any atom is -0.490 e. The Bertz CT molecular complexity index is 1020. The van der Waals surface area contributed by atoms with Crippen molar-refractivity contribution in [2.24, 2.45) is 0 Å². The molecule has 0 spiro atoms. The maximum Gasteiger partial charge on any atom is 0.149 e. The number of H-pyrrole nitrogens is 1. The standard InChI is InChI=1S/C20H17BrFN3O/c1-3-12(2)26-19-7-4-13(9-16(19)21)8-14(11-23)20-24-17-6-5-15(22)10-18(17)25-20/h4-10,12H,3H2,1-2H3,(H,24,25)/b14-8-/t12-/m0/s1. The van der Waals surface area contributed by atoms with Crippen molar-refractivity contribution in [2.45, 2.75) is 26.4 Å². The Morgan fingerprint density at radius 2 is 2.19 bits per heavy atom. The number of nitrogens with one attached hydrogen (secondary N) is 1. The molecule has 6 heteroatoms. The topological polar surface area (TPSA) is 61.7 Å². The second kappa shape index (κ2) is 7.71. The minimum atomic E-state index is -0.351. The molecule has 0 fully saturated rings. The molecule has 4 nitrogen and oxygen atoms in total. The molecule has 2 aromatic carbocycles. The molecule has 0 amide bonds. The predicted octanol–water partition coefficient (Wildman–Crippen LogP) is 5.71. The molecule has 1 aromatic heterocycles. The number of fused-ring (bicyclic) bond motifs is 1. The number of imidazole rings is 1. The summed E-state index contributed by atoms with van der Waals surface area (Å²) in [6.45, 7) is 4.08. The van der Waals surface area contributed by atoms with Gasteiger partial charge in [0, 0.05) is 0 Å². The maximum absolute atomic E-state index is 13.3. The van der Waals surface area contributed by atoms with Gasteiger partial charge in [-0.25, -0.2) is 9.37 Å². The fraction of sp³-hybridized carbons (Fsp3) is 0.200. The summed E-state index contributed by atoms with van der Waals surface area (Å²) in [4.78, 5) is 7.35. The van der Waals surface area contributed by atoms with Crippen molar-refractivity contribution < 1.29 is 9.13 Å². The maximum atomic E-state index is 13.3. The number of allylic oxidation sites excluding steroid dienone is 1. The number of hydrogen-bond acceptors (Lipinski definition) is 3. The van der Waals surface area contributed by atoms with Crippen LogP contribution < -0.4 is 4.74 Å². The number of rotatable bonds is 5. The average molecular weight is 414 g/mol. The van der Waals surface area contributed by atoms with Gasteiger partial charge in [-0.1, -0.05) is 13.0 Å². The van der Waals surface area contributed by atoms with E-state index in [4.69, 9.17) is 4.74 Å². The Morgan fingerprint density at radius 3 is 2.88 bits per heavy atom. The van der Waals surface area contributed by atoms with Crippen LogP contribution in [0, 0.1) is 17.1 Å². The first kappa shape index (κ1) is 18.2. The molecule has 1 atom stereocenters. The summed E-state index contributed by atoms with van der Waals surface area (Å²) in [5.74, 6) is 0.814. The molecule has 0 aliphatic rings. The summed E-state index contributed by atoms with van der Waals surface area (Å²) >= 11 is 3.51. The highest BCUT2D eigenvalue weighted by Crippen LogP contribution is 2.29. The fourth-order valence-corrected chi connectivity index (χ4v) is 2.92. The molecule has 0 unspecified atom stereocenters. The van der Waals surface area contributed by atoms with E-state index >= 15 is 0 Å². The van der Waals surface area contributed by atoms with E-state index in [2.05, 4.69) is 38.9 Å². The highest BCUT2D eigenvalue weighted by Gasteiger charge is 2.10. The molecule has 0 saturated heterocycles. The number of benzene rings is 2. The normalized spacial score (nSPS) is 12.8. The molecule has 26 heavy (non-hydrogen) atoms. The third kappa shape index (κ3) is 3.94. The Labute approximate surface area is 159 Å². The van der Waals surface area contributed by atoms with Gasteiger partial charge < -0.3 is 9.72 Å². The molecule has 0 saturated carbocycles. The van der Waals surface area contributed by atoms with Gasteiger partial charge in [-0.3, -0.25) is 0 Å². The van der Waals surface area contributed by atoms with Gasteiger partial charge in [0.25, 0.3) is 0 Å². The second-order valence-corrected chi connectivity index (χ2v) is 6.80. The monoisotopic (exact) mass is 413 g/mol.